The Kier molecular flexibility index (Phi) is 4.17. The van der Waals surface area contributed by atoms with Crippen molar-refractivity contribution in [3.63, 3.8) is 0 Å². The summed E-state index contributed by atoms with van der Waals surface area (Å²) < 4.78 is 0. The van der Waals surface area contributed by atoms with Crippen LogP contribution in [0.3, 0.4) is 0 Å². The van der Waals surface area contributed by atoms with Gasteiger partial charge in [-0.25, -0.2) is 0 Å². The number of fused-ring (bicyclic) bond motifs is 1. The van der Waals surface area contributed by atoms with Crippen LogP contribution in [0.25, 0.3) is 0 Å². The van der Waals surface area contributed by atoms with Gasteiger partial charge in [0.15, 0.2) is 0 Å². The third-order valence-electron chi connectivity index (χ3n) is 5.99. The SMILES string of the molecule is CSC1CC[C@H](C)[C@@H]2C[C@H](C(C)C)CC[C@@]12C. The minimum Gasteiger partial charge on any atom is -0.161 e. The van der Waals surface area contributed by atoms with Crippen LogP contribution >= 0.6 is 11.8 Å². The molecule has 0 aromatic heterocycles. The third kappa shape index (κ3) is 2.41. The van der Waals surface area contributed by atoms with Gasteiger partial charge in [0.25, 0.3) is 0 Å². The Morgan fingerprint density at radius 1 is 1.18 bits per heavy atom. The lowest BCUT2D eigenvalue weighted by Gasteiger charge is -2.55. The van der Waals surface area contributed by atoms with Crippen molar-refractivity contribution in [1.29, 1.82) is 0 Å². The maximum Gasteiger partial charge on any atom is 0.0101 e. The zero-order chi connectivity index (χ0) is 12.6. The van der Waals surface area contributed by atoms with Crippen LogP contribution in [-0.4, -0.2) is 11.5 Å². The Bertz CT molecular complexity index is 260. The van der Waals surface area contributed by atoms with E-state index in [2.05, 4.69) is 45.7 Å². The van der Waals surface area contributed by atoms with Crippen molar-refractivity contribution >= 4 is 11.8 Å². The average molecular weight is 254 g/mol. The molecule has 1 unspecified atom stereocenters. The van der Waals surface area contributed by atoms with Crippen LogP contribution < -0.4 is 0 Å². The largest absolute Gasteiger partial charge is 0.161 e. The quantitative estimate of drug-likeness (QED) is 0.650. The molecule has 0 aliphatic heterocycles. The highest BCUT2D eigenvalue weighted by Gasteiger charge is 2.49. The van der Waals surface area contributed by atoms with Crippen molar-refractivity contribution in [3.05, 3.63) is 0 Å². The first kappa shape index (κ1) is 13.8. The summed E-state index contributed by atoms with van der Waals surface area (Å²) in [5.74, 6) is 3.84. The second-order valence-corrected chi connectivity index (χ2v) is 8.21. The lowest BCUT2D eigenvalue weighted by atomic mass is 9.54. The summed E-state index contributed by atoms with van der Waals surface area (Å²) >= 11 is 2.14. The van der Waals surface area contributed by atoms with Gasteiger partial charge >= 0.3 is 0 Å². The summed E-state index contributed by atoms with van der Waals surface area (Å²) in [7, 11) is 0. The van der Waals surface area contributed by atoms with E-state index in [1.54, 1.807) is 0 Å². The summed E-state index contributed by atoms with van der Waals surface area (Å²) in [4.78, 5) is 0. The second-order valence-electron chi connectivity index (χ2n) is 7.17. The van der Waals surface area contributed by atoms with Crippen molar-refractivity contribution < 1.29 is 0 Å². The van der Waals surface area contributed by atoms with Gasteiger partial charge in [-0.1, -0.05) is 27.7 Å². The molecule has 0 aromatic carbocycles. The molecule has 2 saturated carbocycles. The fourth-order valence-corrected chi connectivity index (χ4v) is 5.82. The van der Waals surface area contributed by atoms with Crippen LogP contribution in [0, 0.1) is 29.1 Å². The molecule has 0 bridgehead atoms. The van der Waals surface area contributed by atoms with Crippen molar-refractivity contribution in [1.82, 2.24) is 0 Å². The smallest absolute Gasteiger partial charge is 0.0101 e. The molecule has 0 N–H and O–H groups in total. The van der Waals surface area contributed by atoms with Gasteiger partial charge in [-0.05, 0) is 67.4 Å². The van der Waals surface area contributed by atoms with E-state index in [1.165, 1.54) is 32.1 Å². The van der Waals surface area contributed by atoms with E-state index in [9.17, 15) is 0 Å². The molecule has 2 rings (SSSR count). The standard InChI is InChI=1S/C16H30S/c1-11(2)13-8-9-16(4)14(10-13)12(3)6-7-15(16)17-5/h11-15H,6-10H2,1-5H3/t12-,13+,14-,15?,16+/m0/s1. The Morgan fingerprint density at radius 3 is 2.47 bits per heavy atom. The van der Waals surface area contributed by atoms with E-state index in [1.807, 2.05) is 0 Å². The first-order valence-electron chi connectivity index (χ1n) is 7.51. The lowest BCUT2D eigenvalue weighted by molar-refractivity contribution is -0.00359. The van der Waals surface area contributed by atoms with Crippen molar-refractivity contribution in [2.45, 2.75) is 65.0 Å². The summed E-state index contributed by atoms with van der Waals surface area (Å²) in [5, 5.41) is 0.928. The summed E-state index contributed by atoms with van der Waals surface area (Å²) in [6.07, 6.45) is 9.73. The number of hydrogen-bond donors (Lipinski definition) is 0. The first-order valence-corrected chi connectivity index (χ1v) is 8.80. The van der Waals surface area contributed by atoms with E-state index < -0.39 is 0 Å². The van der Waals surface area contributed by atoms with Crippen LogP contribution in [-0.2, 0) is 0 Å². The second kappa shape index (κ2) is 5.15. The molecule has 0 nitrogen and oxygen atoms in total. The van der Waals surface area contributed by atoms with Gasteiger partial charge in [0, 0.05) is 5.25 Å². The highest BCUT2D eigenvalue weighted by Crippen LogP contribution is 2.57. The van der Waals surface area contributed by atoms with E-state index in [4.69, 9.17) is 0 Å². The van der Waals surface area contributed by atoms with Gasteiger partial charge in [-0.3, -0.25) is 0 Å². The van der Waals surface area contributed by atoms with Crippen molar-refractivity contribution in [3.8, 4) is 0 Å². The number of rotatable bonds is 2. The van der Waals surface area contributed by atoms with Gasteiger partial charge in [0.1, 0.15) is 0 Å². The van der Waals surface area contributed by atoms with E-state index in [0.717, 1.165) is 28.9 Å². The Hall–Kier alpha value is 0.350. The van der Waals surface area contributed by atoms with E-state index >= 15 is 0 Å². The number of thioether (sulfide) groups is 1. The molecule has 100 valence electrons. The first-order chi connectivity index (χ1) is 7.99. The summed E-state index contributed by atoms with van der Waals surface area (Å²) in [6.45, 7) is 9.97. The molecule has 2 aliphatic carbocycles. The molecule has 2 fully saturated rings. The molecule has 5 atom stereocenters. The Labute approximate surface area is 112 Å². The van der Waals surface area contributed by atoms with Crippen LogP contribution in [0.15, 0.2) is 0 Å². The van der Waals surface area contributed by atoms with Crippen LogP contribution in [0.4, 0.5) is 0 Å². The van der Waals surface area contributed by atoms with E-state index in [0.29, 0.717) is 5.41 Å². The molecule has 0 saturated heterocycles. The Balaban J connectivity index is 2.16. The topological polar surface area (TPSA) is 0 Å². The normalized spacial score (nSPS) is 46.9. The van der Waals surface area contributed by atoms with E-state index in [-0.39, 0.29) is 0 Å². The molecule has 0 aromatic rings. The molecule has 17 heavy (non-hydrogen) atoms. The molecular weight excluding hydrogens is 224 g/mol. The highest BCUT2D eigenvalue weighted by molar-refractivity contribution is 7.99. The van der Waals surface area contributed by atoms with Gasteiger partial charge in [0.2, 0.25) is 0 Å². The monoisotopic (exact) mass is 254 g/mol. The van der Waals surface area contributed by atoms with Crippen LogP contribution in [0.5, 0.6) is 0 Å². The fourth-order valence-electron chi connectivity index (χ4n) is 4.61. The van der Waals surface area contributed by atoms with Crippen LogP contribution in [0.2, 0.25) is 0 Å². The molecule has 0 spiro atoms. The van der Waals surface area contributed by atoms with Crippen molar-refractivity contribution in [2.24, 2.45) is 29.1 Å². The fraction of sp³-hybridized carbons (Fsp3) is 1.00. The van der Waals surface area contributed by atoms with Gasteiger partial charge in [-0.15, -0.1) is 0 Å². The predicted molar refractivity (Wildman–Crippen MR) is 79.5 cm³/mol. The molecule has 0 radical (unpaired) electrons. The Morgan fingerprint density at radius 2 is 1.88 bits per heavy atom. The molecule has 0 amide bonds. The van der Waals surface area contributed by atoms with Gasteiger partial charge < -0.3 is 0 Å². The maximum absolute atomic E-state index is 2.60. The summed E-state index contributed by atoms with van der Waals surface area (Å²) in [6, 6.07) is 0. The molecular formula is C16H30S. The van der Waals surface area contributed by atoms with Gasteiger partial charge in [0.05, 0.1) is 0 Å². The maximum atomic E-state index is 2.60. The predicted octanol–water partition coefficient (Wildman–Crippen LogP) is 5.23. The zero-order valence-corrected chi connectivity index (χ0v) is 13.1. The molecule has 2 aliphatic rings. The number of hydrogen-bond acceptors (Lipinski definition) is 1. The van der Waals surface area contributed by atoms with Crippen LogP contribution in [0.1, 0.15) is 59.8 Å². The van der Waals surface area contributed by atoms with Gasteiger partial charge in [-0.2, -0.15) is 11.8 Å². The minimum absolute atomic E-state index is 0.641. The average Bonchev–Trinajstić information content (AvgIpc) is 2.28. The highest BCUT2D eigenvalue weighted by atomic mass is 32.2. The minimum atomic E-state index is 0.641. The zero-order valence-electron chi connectivity index (χ0n) is 12.3. The van der Waals surface area contributed by atoms with Crippen molar-refractivity contribution in [2.75, 3.05) is 6.26 Å². The lowest BCUT2D eigenvalue weighted by Crippen LogP contribution is -2.48. The summed E-state index contributed by atoms with van der Waals surface area (Å²) in [5.41, 5.74) is 0.641. The molecule has 1 heteroatoms. The molecule has 0 heterocycles. The third-order valence-corrected chi connectivity index (χ3v) is 7.33.